The van der Waals surface area contributed by atoms with Crippen molar-refractivity contribution in [1.29, 1.82) is 0 Å². The minimum Gasteiger partial charge on any atom is -0.492 e. The Morgan fingerprint density at radius 1 is 1.36 bits per heavy atom. The topological polar surface area (TPSA) is 9.23 Å². The van der Waals surface area contributed by atoms with Crippen molar-refractivity contribution < 1.29 is 4.74 Å². The third kappa shape index (κ3) is 2.43. The number of benzene rings is 1. The molecular weight excluding hydrogens is 160 g/mol. The summed E-state index contributed by atoms with van der Waals surface area (Å²) in [5, 5.41) is 0. The smallest absolute Gasteiger partial charge is 0.122 e. The minimum absolute atomic E-state index is 0.536. The molecule has 0 amide bonds. The summed E-state index contributed by atoms with van der Waals surface area (Å²) in [5.74, 6) is 1.46. The first-order chi connectivity index (χ1) is 5.34. The van der Waals surface area contributed by atoms with Crippen LogP contribution in [0.2, 0.25) is 0 Å². The van der Waals surface area contributed by atoms with E-state index in [0.717, 1.165) is 11.3 Å². The van der Waals surface area contributed by atoms with Crippen molar-refractivity contribution in [3.63, 3.8) is 0 Å². The molecule has 1 aromatic carbocycles. The Kier molecular flexibility index (Phi) is 3.24. The van der Waals surface area contributed by atoms with Crippen LogP contribution in [-0.4, -0.2) is 12.5 Å². The SMILES string of the molecule is Cc1ccccc1OCCCl. The van der Waals surface area contributed by atoms with Crippen LogP contribution in [0.5, 0.6) is 5.75 Å². The van der Waals surface area contributed by atoms with Crippen LogP contribution >= 0.6 is 11.6 Å². The molecule has 0 bridgehead atoms. The van der Waals surface area contributed by atoms with Gasteiger partial charge in [-0.15, -0.1) is 11.6 Å². The fourth-order valence-electron chi connectivity index (χ4n) is 0.867. The summed E-state index contributed by atoms with van der Waals surface area (Å²) in [6.07, 6.45) is 0. The number of rotatable bonds is 3. The van der Waals surface area contributed by atoms with Gasteiger partial charge in [0.25, 0.3) is 0 Å². The molecule has 60 valence electrons. The highest BCUT2D eigenvalue weighted by atomic mass is 35.5. The third-order valence-electron chi connectivity index (χ3n) is 1.43. The van der Waals surface area contributed by atoms with Crippen molar-refractivity contribution in [1.82, 2.24) is 0 Å². The highest BCUT2D eigenvalue weighted by molar-refractivity contribution is 6.17. The Labute approximate surface area is 71.9 Å². The van der Waals surface area contributed by atoms with Crippen molar-refractivity contribution >= 4 is 11.6 Å². The highest BCUT2D eigenvalue weighted by Crippen LogP contribution is 2.15. The number of alkyl halides is 1. The lowest BCUT2D eigenvalue weighted by Crippen LogP contribution is -1.98. The van der Waals surface area contributed by atoms with E-state index in [1.165, 1.54) is 0 Å². The summed E-state index contributed by atoms with van der Waals surface area (Å²) >= 11 is 5.48. The molecule has 2 heteroatoms. The van der Waals surface area contributed by atoms with Gasteiger partial charge >= 0.3 is 0 Å². The molecule has 0 saturated heterocycles. The van der Waals surface area contributed by atoms with E-state index in [0.29, 0.717) is 12.5 Å². The molecule has 0 N–H and O–H groups in total. The van der Waals surface area contributed by atoms with Crippen molar-refractivity contribution in [3.8, 4) is 5.75 Å². The Morgan fingerprint density at radius 2 is 2.09 bits per heavy atom. The Hall–Kier alpha value is -0.690. The second-order valence-corrected chi connectivity index (χ2v) is 2.68. The fourth-order valence-corrected chi connectivity index (χ4v) is 0.944. The first-order valence-electron chi connectivity index (χ1n) is 3.59. The van der Waals surface area contributed by atoms with Crippen molar-refractivity contribution in [2.45, 2.75) is 6.92 Å². The van der Waals surface area contributed by atoms with Gasteiger partial charge in [0.1, 0.15) is 12.4 Å². The van der Waals surface area contributed by atoms with E-state index >= 15 is 0 Å². The Balaban J connectivity index is 2.62. The van der Waals surface area contributed by atoms with Crippen LogP contribution in [0, 0.1) is 6.92 Å². The summed E-state index contributed by atoms with van der Waals surface area (Å²) in [5.41, 5.74) is 1.15. The maximum absolute atomic E-state index is 5.48. The van der Waals surface area contributed by atoms with Gasteiger partial charge in [-0.05, 0) is 18.6 Å². The van der Waals surface area contributed by atoms with Crippen LogP contribution in [0.3, 0.4) is 0 Å². The second-order valence-electron chi connectivity index (χ2n) is 2.30. The van der Waals surface area contributed by atoms with Crippen molar-refractivity contribution in [2.24, 2.45) is 0 Å². The van der Waals surface area contributed by atoms with E-state index < -0.39 is 0 Å². The van der Waals surface area contributed by atoms with Gasteiger partial charge in [0.05, 0.1) is 5.88 Å². The lowest BCUT2D eigenvalue weighted by atomic mass is 10.2. The summed E-state index contributed by atoms with van der Waals surface area (Å²) in [6.45, 7) is 2.59. The quantitative estimate of drug-likeness (QED) is 0.634. The van der Waals surface area contributed by atoms with Gasteiger partial charge in [0.15, 0.2) is 0 Å². The molecule has 1 rings (SSSR count). The Bertz CT molecular complexity index is 223. The third-order valence-corrected chi connectivity index (χ3v) is 1.58. The van der Waals surface area contributed by atoms with Gasteiger partial charge in [-0.2, -0.15) is 0 Å². The molecule has 0 heterocycles. The largest absolute Gasteiger partial charge is 0.492 e. The number of para-hydroxylation sites is 1. The lowest BCUT2D eigenvalue weighted by molar-refractivity contribution is 0.340. The van der Waals surface area contributed by atoms with E-state index in [1.807, 2.05) is 31.2 Å². The number of halogens is 1. The van der Waals surface area contributed by atoms with Gasteiger partial charge in [-0.3, -0.25) is 0 Å². The summed E-state index contributed by atoms with van der Waals surface area (Å²) in [7, 11) is 0. The van der Waals surface area contributed by atoms with Gasteiger partial charge in [-0.1, -0.05) is 18.2 Å². The molecule has 0 saturated carbocycles. The monoisotopic (exact) mass is 170 g/mol. The van der Waals surface area contributed by atoms with E-state index in [2.05, 4.69) is 0 Å². The number of ether oxygens (including phenoxy) is 1. The zero-order valence-electron chi connectivity index (χ0n) is 6.51. The van der Waals surface area contributed by atoms with E-state index in [-0.39, 0.29) is 0 Å². The van der Waals surface area contributed by atoms with Crippen molar-refractivity contribution in [3.05, 3.63) is 29.8 Å². The van der Waals surface area contributed by atoms with Gasteiger partial charge < -0.3 is 4.74 Å². The molecule has 0 atom stereocenters. The highest BCUT2D eigenvalue weighted by Gasteiger charge is 1.94. The summed E-state index contributed by atoms with van der Waals surface area (Å²) in [6, 6.07) is 7.91. The van der Waals surface area contributed by atoms with E-state index in [1.54, 1.807) is 0 Å². The van der Waals surface area contributed by atoms with Gasteiger partial charge in [-0.25, -0.2) is 0 Å². The van der Waals surface area contributed by atoms with E-state index in [9.17, 15) is 0 Å². The molecule has 0 spiro atoms. The van der Waals surface area contributed by atoms with Crippen LogP contribution in [-0.2, 0) is 0 Å². The average molecular weight is 171 g/mol. The molecule has 0 radical (unpaired) electrons. The maximum Gasteiger partial charge on any atom is 0.122 e. The zero-order chi connectivity index (χ0) is 8.10. The minimum atomic E-state index is 0.536. The normalized spacial score (nSPS) is 9.64. The first kappa shape index (κ1) is 8.41. The molecule has 0 fully saturated rings. The predicted molar refractivity (Wildman–Crippen MR) is 47.4 cm³/mol. The molecule has 11 heavy (non-hydrogen) atoms. The van der Waals surface area contributed by atoms with Crippen molar-refractivity contribution in [2.75, 3.05) is 12.5 Å². The summed E-state index contributed by atoms with van der Waals surface area (Å²) in [4.78, 5) is 0. The van der Waals surface area contributed by atoms with E-state index in [4.69, 9.17) is 16.3 Å². The number of aryl methyl sites for hydroxylation is 1. The predicted octanol–water partition coefficient (Wildman–Crippen LogP) is 2.61. The molecule has 1 nitrogen and oxygen atoms in total. The zero-order valence-corrected chi connectivity index (χ0v) is 7.27. The fraction of sp³-hybridized carbons (Fsp3) is 0.333. The molecule has 0 aliphatic heterocycles. The molecule has 1 aromatic rings. The Morgan fingerprint density at radius 3 is 2.73 bits per heavy atom. The first-order valence-corrected chi connectivity index (χ1v) is 4.12. The molecule has 0 aliphatic rings. The van der Waals surface area contributed by atoms with Crippen LogP contribution in [0.1, 0.15) is 5.56 Å². The molecule has 0 aromatic heterocycles. The number of hydrogen-bond acceptors (Lipinski definition) is 1. The second kappa shape index (κ2) is 4.24. The average Bonchev–Trinajstić information content (AvgIpc) is 2.03. The van der Waals surface area contributed by atoms with Crippen LogP contribution < -0.4 is 4.74 Å². The van der Waals surface area contributed by atoms with Crippen LogP contribution in [0.25, 0.3) is 0 Å². The molecular formula is C9H11ClO. The summed E-state index contributed by atoms with van der Waals surface area (Å²) < 4.78 is 5.35. The van der Waals surface area contributed by atoms with Crippen LogP contribution in [0.15, 0.2) is 24.3 Å². The van der Waals surface area contributed by atoms with Gasteiger partial charge in [0, 0.05) is 0 Å². The van der Waals surface area contributed by atoms with Gasteiger partial charge in [0.2, 0.25) is 0 Å². The maximum atomic E-state index is 5.48. The van der Waals surface area contributed by atoms with Crippen LogP contribution in [0.4, 0.5) is 0 Å². The molecule has 0 unspecified atom stereocenters. The standard InChI is InChI=1S/C9H11ClO/c1-8-4-2-3-5-9(8)11-7-6-10/h2-5H,6-7H2,1H3. The lowest BCUT2D eigenvalue weighted by Gasteiger charge is -2.05. The molecule has 0 aliphatic carbocycles. The number of hydrogen-bond donors (Lipinski definition) is 0.